The second kappa shape index (κ2) is 6.62. The van der Waals surface area contributed by atoms with Crippen molar-refractivity contribution < 1.29 is 5.11 Å². The second-order valence-electron chi connectivity index (χ2n) is 4.09. The minimum absolute atomic E-state index is 0.0524. The van der Waals surface area contributed by atoms with Crippen LogP contribution in [0, 0.1) is 0 Å². The Bertz CT molecular complexity index is 557. The van der Waals surface area contributed by atoms with Crippen LogP contribution in [0.15, 0.2) is 46.9 Å². The highest BCUT2D eigenvalue weighted by molar-refractivity contribution is 9.10. The van der Waals surface area contributed by atoms with Crippen LogP contribution in [-0.4, -0.2) is 11.7 Å². The first-order chi connectivity index (χ1) is 9.08. The highest BCUT2D eigenvalue weighted by atomic mass is 79.9. The van der Waals surface area contributed by atoms with Gasteiger partial charge in [0.2, 0.25) is 0 Å². The lowest BCUT2D eigenvalue weighted by molar-refractivity contribution is 0.276. The van der Waals surface area contributed by atoms with E-state index >= 15 is 0 Å². The summed E-state index contributed by atoms with van der Waals surface area (Å²) < 4.78 is 0.971. The van der Waals surface area contributed by atoms with Crippen molar-refractivity contribution >= 4 is 44.8 Å². The Morgan fingerprint density at radius 2 is 1.79 bits per heavy atom. The van der Waals surface area contributed by atoms with E-state index in [-0.39, 0.29) is 12.6 Å². The van der Waals surface area contributed by atoms with E-state index in [0.29, 0.717) is 10.0 Å². The van der Waals surface area contributed by atoms with Crippen LogP contribution < -0.4 is 5.32 Å². The van der Waals surface area contributed by atoms with Crippen LogP contribution in [0.3, 0.4) is 0 Å². The molecule has 2 N–H and O–H groups in total. The molecule has 0 saturated carbocycles. The zero-order valence-corrected chi connectivity index (χ0v) is 13.0. The molecule has 1 unspecified atom stereocenters. The molecule has 0 saturated heterocycles. The van der Waals surface area contributed by atoms with Crippen molar-refractivity contribution in [2.24, 2.45) is 0 Å². The van der Waals surface area contributed by atoms with Crippen LogP contribution in [0.1, 0.15) is 11.6 Å². The van der Waals surface area contributed by atoms with Gasteiger partial charge in [0.25, 0.3) is 0 Å². The Kier molecular flexibility index (Phi) is 5.11. The van der Waals surface area contributed by atoms with Gasteiger partial charge in [0.05, 0.1) is 12.6 Å². The first-order valence-corrected chi connectivity index (χ1v) is 7.22. The summed E-state index contributed by atoms with van der Waals surface area (Å²) >= 11 is 15.4. The van der Waals surface area contributed by atoms with Crippen LogP contribution in [0.5, 0.6) is 0 Å². The highest BCUT2D eigenvalue weighted by Gasteiger charge is 2.12. The van der Waals surface area contributed by atoms with E-state index in [1.54, 1.807) is 18.2 Å². The van der Waals surface area contributed by atoms with Crippen molar-refractivity contribution in [2.75, 3.05) is 11.9 Å². The number of rotatable bonds is 4. The molecule has 1 atom stereocenters. The number of aliphatic hydroxyl groups excluding tert-OH is 1. The maximum atomic E-state index is 9.53. The SMILES string of the molecule is OCC(Nc1cccc(Br)c1)c1cc(Cl)cc(Cl)c1. The number of aliphatic hydroxyl groups is 1. The van der Waals surface area contributed by atoms with E-state index in [1.807, 2.05) is 24.3 Å². The number of hydrogen-bond donors (Lipinski definition) is 2. The van der Waals surface area contributed by atoms with E-state index < -0.39 is 0 Å². The van der Waals surface area contributed by atoms with Gasteiger partial charge in [-0.05, 0) is 42.0 Å². The smallest absolute Gasteiger partial charge is 0.0746 e. The molecule has 0 spiro atoms. The maximum absolute atomic E-state index is 9.53. The van der Waals surface area contributed by atoms with Gasteiger partial charge in [-0.2, -0.15) is 0 Å². The van der Waals surface area contributed by atoms with E-state index in [4.69, 9.17) is 23.2 Å². The monoisotopic (exact) mass is 359 g/mol. The predicted octanol–water partition coefficient (Wildman–Crippen LogP) is 4.90. The zero-order chi connectivity index (χ0) is 13.8. The van der Waals surface area contributed by atoms with Crippen molar-refractivity contribution in [2.45, 2.75) is 6.04 Å². The Morgan fingerprint density at radius 3 is 2.37 bits per heavy atom. The van der Waals surface area contributed by atoms with E-state index in [0.717, 1.165) is 15.7 Å². The summed E-state index contributed by atoms with van der Waals surface area (Å²) in [5.74, 6) is 0. The van der Waals surface area contributed by atoms with Crippen molar-refractivity contribution in [3.05, 3.63) is 62.5 Å². The normalized spacial score (nSPS) is 12.2. The van der Waals surface area contributed by atoms with Gasteiger partial charge < -0.3 is 10.4 Å². The minimum Gasteiger partial charge on any atom is -0.394 e. The molecule has 0 heterocycles. The third kappa shape index (κ3) is 4.11. The largest absolute Gasteiger partial charge is 0.394 e. The molecule has 0 aliphatic rings. The first-order valence-electron chi connectivity index (χ1n) is 5.67. The summed E-state index contributed by atoms with van der Waals surface area (Å²) in [7, 11) is 0. The third-order valence-corrected chi connectivity index (χ3v) is 3.57. The fourth-order valence-corrected chi connectivity index (χ4v) is 2.73. The molecule has 2 rings (SSSR count). The van der Waals surface area contributed by atoms with E-state index in [9.17, 15) is 5.11 Å². The molecule has 2 aromatic carbocycles. The topological polar surface area (TPSA) is 32.3 Å². The van der Waals surface area contributed by atoms with E-state index in [2.05, 4.69) is 21.2 Å². The Balaban J connectivity index is 2.24. The average Bonchev–Trinajstić information content (AvgIpc) is 2.34. The lowest BCUT2D eigenvalue weighted by atomic mass is 10.1. The van der Waals surface area contributed by atoms with Crippen LogP contribution in [0.4, 0.5) is 5.69 Å². The molecule has 0 bridgehead atoms. The molecular weight excluding hydrogens is 349 g/mol. The lowest BCUT2D eigenvalue weighted by Crippen LogP contribution is -2.14. The molecule has 5 heteroatoms. The number of anilines is 1. The van der Waals surface area contributed by atoms with Gasteiger partial charge in [-0.1, -0.05) is 45.2 Å². The Morgan fingerprint density at radius 1 is 1.11 bits per heavy atom. The molecular formula is C14H12BrCl2NO. The van der Waals surface area contributed by atoms with Gasteiger partial charge in [0, 0.05) is 20.2 Å². The lowest BCUT2D eigenvalue weighted by Gasteiger charge is -2.19. The standard InChI is InChI=1S/C14H12BrCl2NO/c15-10-2-1-3-13(6-10)18-14(8-19)9-4-11(16)7-12(17)5-9/h1-7,14,18-19H,8H2. The summed E-state index contributed by atoms with van der Waals surface area (Å²) in [6.45, 7) is -0.0524. The maximum Gasteiger partial charge on any atom is 0.0746 e. The van der Waals surface area contributed by atoms with Crippen molar-refractivity contribution in [3.8, 4) is 0 Å². The Labute approximate surface area is 130 Å². The quantitative estimate of drug-likeness (QED) is 0.812. The van der Waals surface area contributed by atoms with Crippen LogP contribution in [0.2, 0.25) is 10.0 Å². The van der Waals surface area contributed by atoms with Gasteiger partial charge in [-0.3, -0.25) is 0 Å². The molecule has 0 radical (unpaired) electrons. The molecule has 100 valence electrons. The molecule has 0 aliphatic carbocycles. The first kappa shape index (κ1) is 14.7. The average molecular weight is 361 g/mol. The summed E-state index contributed by atoms with van der Waals surface area (Å²) in [5, 5.41) is 13.9. The van der Waals surface area contributed by atoms with Gasteiger partial charge >= 0.3 is 0 Å². The summed E-state index contributed by atoms with van der Waals surface area (Å²) in [6.07, 6.45) is 0. The van der Waals surface area contributed by atoms with Crippen molar-refractivity contribution in [1.82, 2.24) is 0 Å². The summed E-state index contributed by atoms with van der Waals surface area (Å²) in [4.78, 5) is 0. The molecule has 0 aliphatic heterocycles. The number of benzene rings is 2. The summed E-state index contributed by atoms with van der Waals surface area (Å²) in [5.41, 5.74) is 1.75. The van der Waals surface area contributed by atoms with Crippen LogP contribution in [-0.2, 0) is 0 Å². The fourth-order valence-electron chi connectivity index (χ4n) is 1.79. The number of hydrogen-bond acceptors (Lipinski definition) is 2. The van der Waals surface area contributed by atoms with Gasteiger partial charge in [0.1, 0.15) is 0 Å². The fraction of sp³-hybridized carbons (Fsp3) is 0.143. The van der Waals surface area contributed by atoms with Gasteiger partial charge in [-0.15, -0.1) is 0 Å². The number of halogens is 3. The third-order valence-electron chi connectivity index (χ3n) is 2.64. The second-order valence-corrected chi connectivity index (χ2v) is 5.88. The molecule has 0 fully saturated rings. The van der Waals surface area contributed by atoms with Gasteiger partial charge in [0.15, 0.2) is 0 Å². The van der Waals surface area contributed by atoms with Crippen LogP contribution in [0.25, 0.3) is 0 Å². The minimum atomic E-state index is -0.259. The van der Waals surface area contributed by atoms with Crippen molar-refractivity contribution in [3.63, 3.8) is 0 Å². The molecule has 2 nitrogen and oxygen atoms in total. The predicted molar refractivity (Wildman–Crippen MR) is 84.1 cm³/mol. The van der Waals surface area contributed by atoms with Gasteiger partial charge in [-0.25, -0.2) is 0 Å². The zero-order valence-electron chi connectivity index (χ0n) is 9.91. The number of nitrogens with one attached hydrogen (secondary N) is 1. The molecule has 19 heavy (non-hydrogen) atoms. The molecule has 2 aromatic rings. The molecule has 0 aromatic heterocycles. The van der Waals surface area contributed by atoms with Crippen LogP contribution >= 0.6 is 39.1 Å². The summed E-state index contributed by atoms with van der Waals surface area (Å²) in [6, 6.07) is 12.7. The van der Waals surface area contributed by atoms with E-state index in [1.165, 1.54) is 0 Å². The highest BCUT2D eigenvalue weighted by Crippen LogP contribution is 2.26. The molecule has 0 amide bonds. The Hall–Kier alpha value is -0.740. The van der Waals surface area contributed by atoms with Crippen molar-refractivity contribution in [1.29, 1.82) is 0 Å².